The topological polar surface area (TPSA) is 49.7 Å². The molecule has 0 amide bonds. The van der Waals surface area contributed by atoms with E-state index in [0.717, 1.165) is 16.7 Å². The fraction of sp³-hybridized carbons (Fsp3) is 0.455. The molecule has 0 saturated heterocycles. The fourth-order valence-electron chi connectivity index (χ4n) is 5.09. The second-order valence-electron chi connectivity index (χ2n) is 11.7. The zero-order valence-corrected chi connectivity index (χ0v) is 25.1. The zero-order valence-electron chi connectivity index (χ0n) is 24.3. The van der Waals surface area contributed by atoms with Gasteiger partial charge in [0.25, 0.3) is 0 Å². The van der Waals surface area contributed by atoms with E-state index in [1.165, 1.54) is 33.4 Å². The van der Waals surface area contributed by atoms with E-state index < -0.39 is 8.60 Å². The lowest BCUT2D eigenvalue weighted by atomic mass is 9.79. The molecule has 3 aromatic rings. The summed E-state index contributed by atoms with van der Waals surface area (Å²) in [5, 5.41) is 0. The lowest BCUT2D eigenvalue weighted by molar-refractivity contribution is 0.375. The molecule has 3 aromatic carbocycles. The van der Waals surface area contributed by atoms with Crippen LogP contribution < -0.4 is 4.52 Å². The summed E-state index contributed by atoms with van der Waals surface area (Å²) < 4.78 is 5.75. The van der Waals surface area contributed by atoms with Crippen LogP contribution in [0.15, 0.2) is 48.5 Å². The Morgan fingerprint density at radius 2 is 0.946 bits per heavy atom. The van der Waals surface area contributed by atoms with Gasteiger partial charge >= 0.3 is 8.60 Å². The minimum atomic E-state index is -2.56. The van der Waals surface area contributed by atoms with Crippen molar-refractivity contribution in [3.63, 3.8) is 0 Å². The second-order valence-corrected chi connectivity index (χ2v) is 12.4. The van der Waals surface area contributed by atoms with Crippen molar-refractivity contribution >= 4 is 8.60 Å². The molecule has 0 fully saturated rings. The molecule has 200 valence electrons. The lowest BCUT2D eigenvalue weighted by Crippen LogP contribution is -2.05. The summed E-state index contributed by atoms with van der Waals surface area (Å²) in [6, 6.07) is 17.6. The maximum Gasteiger partial charge on any atom is 0.391 e. The van der Waals surface area contributed by atoms with Crippen LogP contribution in [0.25, 0.3) is 22.3 Å². The first-order valence-electron chi connectivity index (χ1n) is 13.6. The van der Waals surface area contributed by atoms with Crippen LogP contribution in [0.5, 0.6) is 5.75 Å². The van der Waals surface area contributed by atoms with Crippen molar-refractivity contribution in [3.8, 4) is 28.0 Å². The highest BCUT2D eigenvalue weighted by Crippen LogP contribution is 2.50. The monoisotopic (exact) mass is 520 g/mol. The lowest BCUT2D eigenvalue weighted by Gasteiger charge is -2.27. The Hall–Kier alpha value is -2.19. The van der Waals surface area contributed by atoms with Crippen LogP contribution in [0.4, 0.5) is 0 Å². The molecule has 2 N–H and O–H groups in total. The highest BCUT2D eigenvalue weighted by atomic mass is 31.2. The van der Waals surface area contributed by atoms with Gasteiger partial charge in [-0.05, 0) is 80.2 Å². The van der Waals surface area contributed by atoms with E-state index in [4.69, 9.17) is 4.52 Å². The van der Waals surface area contributed by atoms with E-state index in [1.54, 1.807) is 0 Å². The minimum Gasteiger partial charge on any atom is -0.426 e. The number of hydrogen-bond acceptors (Lipinski definition) is 3. The third-order valence-corrected chi connectivity index (χ3v) is 7.63. The van der Waals surface area contributed by atoms with Crippen molar-refractivity contribution in [2.75, 3.05) is 0 Å². The van der Waals surface area contributed by atoms with E-state index in [9.17, 15) is 9.79 Å². The summed E-state index contributed by atoms with van der Waals surface area (Å²) >= 11 is 0. The number of hydrogen-bond donors (Lipinski definition) is 2. The Balaban J connectivity index is 2.53. The van der Waals surface area contributed by atoms with Gasteiger partial charge in [0.2, 0.25) is 0 Å². The molecule has 0 unspecified atom stereocenters. The molecule has 37 heavy (non-hydrogen) atoms. The van der Waals surface area contributed by atoms with Crippen molar-refractivity contribution < 1.29 is 14.3 Å². The third-order valence-electron chi connectivity index (χ3n) is 7.27. The minimum absolute atomic E-state index is 0.273. The molecular formula is C33H45O3P. The van der Waals surface area contributed by atoms with Gasteiger partial charge < -0.3 is 14.3 Å². The highest BCUT2D eigenvalue weighted by molar-refractivity contribution is 7.39. The molecular weight excluding hydrogens is 475 g/mol. The molecule has 0 radical (unpaired) electrons. The van der Waals surface area contributed by atoms with Gasteiger partial charge in [-0.1, -0.05) is 112 Å². The number of benzene rings is 3. The molecule has 0 atom stereocenters. The average Bonchev–Trinajstić information content (AvgIpc) is 2.82. The summed E-state index contributed by atoms with van der Waals surface area (Å²) in [6.45, 7) is 22.3. The van der Waals surface area contributed by atoms with Crippen molar-refractivity contribution in [1.82, 2.24) is 0 Å². The first kappa shape index (κ1) is 29.4. The van der Waals surface area contributed by atoms with Crippen LogP contribution in [0.1, 0.15) is 127 Å². The Bertz CT molecular complexity index is 1220. The maximum atomic E-state index is 9.95. The predicted octanol–water partition coefficient (Wildman–Crippen LogP) is 10.2. The second kappa shape index (κ2) is 12.1. The quantitative estimate of drug-likeness (QED) is 0.276. The summed E-state index contributed by atoms with van der Waals surface area (Å²) in [5.74, 6) is 2.25. The van der Waals surface area contributed by atoms with Crippen LogP contribution in [0.2, 0.25) is 0 Å². The largest absolute Gasteiger partial charge is 0.426 e. The fourth-order valence-corrected chi connectivity index (χ4v) is 5.42. The Labute approximate surface area is 225 Å². The molecule has 0 aliphatic heterocycles. The van der Waals surface area contributed by atoms with Crippen LogP contribution in [0, 0.1) is 0 Å². The van der Waals surface area contributed by atoms with Crippen molar-refractivity contribution in [1.29, 1.82) is 0 Å². The third kappa shape index (κ3) is 6.45. The molecule has 3 rings (SSSR count). The molecule has 3 nitrogen and oxygen atoms in total. The average molecular weight is 521 g/mol. The van der Waals surface area contributed by atoms with E-state index in [1.807, 2.05) is 6.07 Å². The Morgan fingerprint density at radius 1 is 0.514 bits per heavy atom. The maximum absolute atomic E-state index is 9.95. The van der Waals surface area contributed by atoms with Gasteiger partial charge in [-0.2, -0.15) is 0 Å². The summed E-state index contributed by atoms with van der Waals surface area (Å²) in [4.78, 5) is 19.9. The van der Waals surface area contributed by atoms with E-state index in [-0.39, 0.29) is 11.8 Å². The summed E-state index contributed by atoms with van der Waals surface area (Å²) in [5.41, 5.74) is 10.7. The van der Waals surface area contributed by atoms with Gasteiger partial charge in [0, 0.05) is 5.56 Å². The van der Waals surface area contributed by atoms with Gasteiger partial charge in [0.1, 0.15) is 5.75 Å². The van der Waals surface area contributed by atoms with Gasteiger partial charge in [-0.3, -0.25) is 0 Å². The Kier molecular flexibility index (Phi) is 9.62. The molecule has 0 aliphatic rings. The van der Waals surface area contributed by atoms with E-state index in [0.29, 0.717) is 23.5 Å². The van der Waals surface area contributed by atoms with Crippen LogP contribution in [-0.4, -0.2) is 9.79 Å². The van der Waals surface area contributed by atoms with Crippen molar-refractivity contribution in [2.24, 2.45) is 0 Å². The first-order chi connectivity index (χ1) is 17.3. The standard InChI is InChI=1S/C33H45O3P/c1-19(2)24-11-13-27(29(17-24)22(7)8)32-26(21(5)6)15-16-31(36-37(34)35)33(32)28-14-12-25(20(3)4)18-30(28)23(9)10/h11-23,34-35H,1-10H3. The van der Waals surface area contributed by atoms with Crippen molar-refractivity contribution in [2.45, 2.75) is 98.8 Å². The first-order valence-corrected chi connectivity index (χ1v) is 14.8. The molecule has 0 saturated carbocycles. The molecule has 0 aliphatic carbocycles. The van der Waals surface area contributed by atoms with E-state index >= 15 is 0 Å². The van der Waals surface area contributed by atoms with Crippen molar-refractivity contribution in [3.05, 3.63) is 76.3 Å². The molecule has 0 bridgehead atoms. The predicted molar refractivity (Wildman–Crippen MR) is 160 cm³/mol. The van der Waals surface area contributed by atoms with Gasteiger partial charge in [0.05, 0.1) is 0 Å². The smallest absolute Gasteiger partial charge is 0.391 e. The molecule has 0 spiro atoms. The molecule has 4 heteroatoms. The van der Waals surface area contributed by atoms with E-state index in [2.05, 4.69) is 112 Å². The van der Waals surface area contributed by atoms with Crippen LogP contribution >= 0.6 is 8.60 Å². The zero-order chi connectivity index (χ0) is 27.6. The van der Waals surface area contributed by atoms with Gasteiger partial charge in [-0.25, -0.2) is 0 Å². The molecule has 0 heterocycles. The van der Waals surface area contributed by atoms with Gasteiger partial charge in [-0.15, -0.1) is 0 Å². The van der Waals surface area contributed by atoms with Crippen LogP contribution in [-0.2, 0) is 0 Å². The number of rotatable bonds is 9. The Morgan fingerprint density at radius 3 is 1.32 bits per heavy atom. The van der Waals surface area contributed by atoms with Crippen LogP contribution in [0.3, 0.4) is 0 Å². The molecule has 0 aromatic heterocycles. The highest BCUT2D eigenvalue weighted by Gasteiger charge is 2.26. The normalized spacial score (nSPS) is 12.2. The summed E-state index contributed by atoms with van der Waals surface area (Å²) in [6.07, 6.45) is 0. The van der Waals surface area contributed by atoms with Gasteiger partial charge in [0.15, 0.2) is 0 Å². The SMILES string of the molecule is CC(C)c1ccc(-c2c(OP(O)O)ccc(C(C)C)c2-c2ccc(C(C)C)cc2C(C)C)c(C(C)C)c1. The summed E-state index contributed by atoms with van der Waals surface area (Å²) in [7, 11) is -2.56.